The van der Waals surface area contributed by atoms with Gasteiger partial charge in [-0.25, -0.2) is 0 Å². The molecule has 0 spiro atoms. The van der Waals surface area contributed by atoms with E-state index in [4.69, 9.17) is 4.42 Å². The molecule has 0 bridgehead atoms. The molecule has 1 saturated heterocycles. The van der Waals surface area contributed by atoms with E-state index in [-0.39, 0.29) is 11.1 Å². The maximum Gasteiger partial charge on any atom is 0.281 e. The van der Waals surface area contributed by atoms with Gasteiger partial charge in [-0.1, -0.05) is 18.7 Å². The summed E-state index contributed by atoms with van der Waals surface area (Å²) in [6.45, 7) is 4.11. The highest BCUT2D eigenvalue weighted by Gasteiger charge is 2.37. The number of furan rings is 1. The number of carbonyl (C=O) groups is 2. The molecule has 3 fully saturated rings. The Morgan fingerprint density at radius 2 is 2.21 bits per heavy atom. The molecular formula is C18H24N2O3S. The summed E-state index contributed by atoms with van der Waals surface area (Å²) in [7, 11) is 0. The van der Waals surface area contributed by atoms with Crippen molar-refractivity contribution in [2.45, 2.75) is 51.1 Å². The summed E-state index contributed by atoms with van der Waals surface area (Å²) < 4.78 is 5.97. The van der Waals surface area contributed by atoms with Gasteiger partial charge in [-0.05, 0) is 37.3 Å². The normalized spacial score (nSPS) is 26.0. The van der Waals surface area contributed by atoms with Crippen LogP contribution in [0, 0.1) is 5.92 Å². The Morgan fingerprint density at radius 1 is 1.42 bits per heavy atom. The Hall–Kier alpha value is -1.43. The van der Waals surface area contributed by atoms with Gasteiger partial charge in [0.2, 0.25) is 5.91 Å². The third kappa shape index (κ3) is 3.48. The number of thioether (sulfide) groups is 1. The van der Waals surface area contributed by atoms with Gasteiger partial charge >= 0.3 is 0 Å². The summed E-state index contributed by atoms with van der Waals surface area (Å²) in [6, 6.07) is 4.44. The molecule has 4 rings (SSSR count). The summed E-state index contributed by atoms with van der Waals surface area (Å²) in [5.41, 5.74) is 0. The van der Waals surface area contributed by atoms with E-state index in [9.17, 15) is 9.59 Å². The van der Waals surface area contributed by atoms with E-state index in [2.05, 4.69) is 13.0 Å². The molecule has 1 aliphatic heterocycles. The van der Waals surface area contributed by atoms with E-state index in [1.165, 1.54) is 18.2 Å². The van der Waals surface area contributed by atoms with Gasteiger partial charge in [-0.3, -0.25) is 9.59 Å². The summed E-state index contributed by atoms with van der Waals surface area (Å²) in [4.78, 5) is 28.0. The molecule has 2 amide bonds. The smallest absolute Gasteiger partial charge is 0.281 e. The average molecular weight is 348 g/mol. The van der Waals surface area contributed by atoms with Crippen molar-refractivity contribution >= 4 is 22.9 Å². The lowest BCUT2D eigenvalue weighted by Crippen LogP contribution is -2.35. The van der Waals surface area contributed by atoms with Gasteiger partial charge in [0, 0.05) is 37.2 Å². The van der Waals surface area contributed by atoms with E-state index in [1.54, 1.807) is 4.90 Å². The Labute approximate surface area is 146 Å². The van der Waals surface area contributed by atoms with Crippen LogP contribution in [-0.4, -0.2) is 45.8 Å². The van der Waals surface area contributed by atoms with Gasteiger partial charge in [0.1, 0.15) is 11.5 Å². The molecule has 0 radical (unpaired) electrons. The highest BCUT2D eigenvalue weighted by atomic mass is 32.2. The first-order valence-electron chi connectivity index (χ1n) is 8.91. The van der Waals surface area contributed by atoms with Crippen LogP contribution in [0.4, 0.5) is 4.79 Å². The summed E-state index contributed by atoms with van der Waals surface area (Å²) in [5, 5.41) is 0.106. The van der Waals surface area contributed by atoms with Crippen LogP contribution >= 0.6 is 11.8 Å². The number of hydrogen-bond acceptors (Lipinski definition) is 4. The van der Waals surface area contributed by atoms with Gasteiger partial charge in [-0.2, -0.15) is 0 Å². The van der Waals surface area contributed by atoms with Crippen LogP contribution in [0.2, 0.25) is 0 Å². The molecule has 2 aliphatic carbocycles. The molecule has 3 aliphatic rings. The molecule has 0 aromatic carbocycles. The van der Waals surface area contributed by atoms with E-state index >= 15 is 0 Å². The predicted octanol–water partition coefficient (Wildman–Crippen LogP) is 3.45. The Kier molecular flexibility index (Phi) is 4.33. The van der Waals surface area contributed by atoms with E-state index in [0.29, 0.717) is 31.5 Å². The molecule has 2 heterocycles. The minimum absolute atomic E-state index is 0.106. The number of carbonyl (C=O) groups excluding carboxylic acids is 2. The number of hydrogen-bond donors (Lipinski definition) is 0. The van der Waals surface area contributed by atoms with Crippen LogP contribution < -0.4 is 0 Å². The zero-order valence-corrected chi connectivity index (χ0v) is 14.9. The number of amides is 2. The molecule has 0 N–H and O–H groups in total. The SMILES string of the molecule is C[C@H]1C[C@H]1c1ccc(CN(C(=O)CCN2CCSC2=O)C2CC2)o1. The van der Waals surface area contributed by atoms with Gasteiger partial charge < -0.3 is 14.2 Å². The first-order valence-corrected chi connectivity index (χ1v) is 9.90. The number of nitrogens with zero attached hydrogens (tertiary/aromatic N) is 2. The van der Waals surface area contributed by atoms with Crippen LogP contribution in [0.5, 0.6) is 0 Å². The minimum atomic E-state index is 0.106. The lowest BCUT2D eigenvalue weighted by atomic mass is 10.2. The van der Waals surface area contributed by atoms with E-state index in [1.807, 2.05) is 11.0 Å². The largest absolute Gasteiger partial charge is 0.464 e. The maximum absolute atomic E-state index is 12.6. The molecule has 5 nitrogen and oxygen atoms in total. The van der Waals surface area contributed by atoms with Gasteiger partial charge in [-0.15, -0.1) is 0 Å². The topological polar surface area (TPSA) is 53.8 Å². The Morgan fingerprint density at radius 3 is 2.83 bits per heavy atom. The quantitative estimate of drug-likeness (QED) is 0.757. The summed E-state index contributed by atoms with van der Waals surface area (Å²) >= 11 is 1.35. The molecule has 1 aromatic heterocycles. The fourth-order valence-electron chi connectivity index (χ4n) is 3.38. The Bertz CT molecular complexity index is 640. The molecule has 6 heteroatoms. The molecule has 2 saturated carbocycles. The van der Waals surface area contributed by atoms with Crippen LogP contribution in [0.1, 0.15) is 50.0 Å². The molecule has 130 valence electrons. The average Bonchev–Trinajstić information content (AvgIpc) is 3.45. The zero-order chi connectivity index (χ0) is 16.7. The fourth-order valence-corrected chi connectivity index (χ4v) is 4.23. The zero-order valence-electron chi connectivity index (χ0n) is 14.1. The van der Waals surface area contributed by atoms with Crippen LogP contribution in [-0.2, 0) is 11.3 Å². The predicted molar refractivity (Wildman–Crippen MR) is 92.8 cm³/mol. The van der Waals surface area contributed by atoms with E-state index in [0.717, 1.165) is 42.6 Å². The molecule has 24 heavy (non-hydrogen) atoms. The third-order valence-electron chi connectivity index (χ3n) is 5.23. The lowest BCUT2D eigenvalue weighted by molar-refractivity contribution is -0.132. The van der Waals surface area contributed by atoms with Crippen LogP contribution in [0.3, 0.4) is 0 Å². The minimum Gasteiger partial charge on any atom is -0.464 e. The van der Waals surface area contributed by atoms with Crippen molar-refractivity contribution in [3.63, 3.8) is 0 Å². The van der Waals surface area contributed by atoms with Crippen molar-refractivity contribution in [1.29, 1.82) is 0 Å². The standard InChI is InChI=1S/C18H24N2O3S/c1-12-10-15(12)16-5-4-14(23-16)11-20(13-2-3-13)17(21)6-7-19-8-9-24-18(19)22/h4-5,12-13,15H,2-3,6-11H2,1H3/t12-,15+/m0/s1. The van der Waals surface area contributed by atoms with Crippen LogP contribution in [0.15, 0.2) is 16.5 Å². The molecular weight excluding hydrogens is 324 g/mol. The molecule has 0 unspecified atom stereocenters. The van der Waals surface area contributed by atoms with Crippen LogP contribution in [0.25, 0.3) is 0 Å². The monoisotopic (exact) mass is 348 g/mol. The van der Waals surface area contributed by atoms with Crippen molar-refractivity contribution < 1.29 is 14.0 Å². The van der Waals surface area contributed by atoms with Gasteiger partial charge in [0.05, 0.1) is 6.54 Å². The summed E-state index contributed by atoms with van der Waals surface area (Å²) in [6.07, 6.45) is 3.78. The first-order chi connectivity index (χ1) is 11.6. The second-order valence-electron chi connectivity index (χ2n) is 7.23. The third-order valence-corrected chi connectivity index (χ3v) is 6.12. The van der Waals surface area contributed by atoms with Crippen molar-refractivity contribution in [1.82, 2.24) is 9.80 Å². The highest BCUT2D eigenvalue weighted by molar-refractivity contribution is 8.13. The van der Waals surface area contributed by atoms with Crippen molar-refractivity contribution in [2.24, 2.45) is 5.92 Å². The fraction of sp³-hybridized carbons (Fsp3) is 0.667. The maximum atomic E-state index is 12.6. The summed E-state index contributed by atoms with van der Waals surface area (Å²) in [5.74, 6) is 4.23. The molecule has 1 aromatic rings. The van der Waals surface area contributed by atoms with Crippen molar-refractivity contribution in [3.05, 3.63) is 23.7 Å². The Balaban J connectivity index is 1.34. The first kappa shape index (κ1) is 16.1. The number of rotatable bonds is 7. The second-order valence-corrected chi connectivity index (χ2v) is 8.27. The van der Waals surface area contributed by atoms with Crippen molar-refractivity contribution in [2.75, 3.05) is 18.8 Å². The van der Waals surface area contributed by atoms with Gasteiger partial charge in [0.15, 0.2) is 0 Å². The van der Waals surface area contributed by atoms with E-state index < -0.39 is 0 Å². The van der Waals surface area contributed by atoms with Gasteiger partial charge in [0.25, 0.3) is 5.24 Å². The second kappa shape index (κ2) is 6.47. The lowest BCUT2D eigenvalue weighted by Gasteiger charge is -2.23. The highest BCUT2D eigenvalue weighted by Crippen LogP contribution is 2.47. The van der Waals surface area contributed by atoms with Crippen molar-refractivity contribution in [3.8, 4) is 0 Å². The molecule has 2 atom stereocenters.